The summed E-state index contributed by atoms with van der Waals surface area (Å²) in [6.07, 6.45) is 15.4. The van der Waals surface area contributed by atoms with Gasteiger partial charge in [0.15, 0.2) is 0 Å². The molecule has 0 radical (unpaired) electrons. The number of pyridine rings is 1. The standard InChI is InChI=1S/C30H28Cl2F2N2O5/c31-22-14-35-15-23(32)24(22)25-21(26(41-36-25)17-1-2-17)3-4-29-5-8-30(9-6-29,10-7-29)16-39-19-11-18(27(37)38)12-20(13-19)40-28(33)34/h3-4,11-15,17,28H,1-2,5-10,16H2,(H,37,38). The van der Waals surface area contributed by atoms with Gasteiger partial charge in [0, 0.05) is 40.9 Å². The number of rotatable bonds is 10. The van der Waals surface area contributed by atoms with E-state index in [1.54, 1.807) is 12.4 Å². The number of fused-ring (bicyclic) bond motifs is 3. The van der Waals surface area contributed by atoms with Crippen LogP contribution in [0.3, 0.4) is 0 Å². The van der Waals surface area contributed by atoms with Gasteiger partial charge in [-0.3, -0.25) is 4.98 Å². The van der Waals surface area contributed by atoms with Crippen LogP contribution >= 0.6 is 23.2 Å². The molecule has 11 heteroatoms. The zero-order chi connectivity index (χ0) is 28.8. The Hall–Kier alpha value is -3.17. The fourth-order valence-corrected chi connectivity index (χ4v) is 6.68. The summed E-state index contributed by atoms with van der Waals surface area (Å²) < 4.78 is 41.7. The number of hydrogen-bond acceptors (Lipinski definition) is 6. The third-order valence-electron chi connectivity index (χ3n) is 8.75. The molecule has 2 aromatic heterocycles. The molecule has 0 aliphatic heterocycles. The molecule has 0 unspecified atom stereocenters. The maximum absolute atomic E-state index is 12.7. The molecule has 41 heavy (non-hydrogen) atoms. The molecular formula is C30H28Cl2F2N2O5. The first-order valence-electron chi connectivity index (χ1n) is 13.6. The molecule has 0 saturated heterocycles. The van der Waals surface area contributed by atoms with Crippen LogP contribution in [-0.2, 0) is 0 Å². The molecule has 4 aliphatic carbocycles. The van der Waals surface area contributed by atoms with E-state index in [1.165, 1.54) is 12.1 Å². The summed E-state index contributed by atoms with van der Waals surface area (Å²) >= 11 is 12.9. The van der Waals surface area contributed by atoms with Crippen LogP contribution in [0, 0.1) is 10.8 Å². The lowest BCUT2D eigenvalue weighted by molar-refractivity contribution is -0.0502. The molecule has 0 spiro atoms. The van der Waals surface area contributed by atoms with E-state index >= 15 is 0 Å². The molecular weight excluding hydrogens is 577 g/mol. The summed E-state index contributed by atoms with van der Waals surface area (Å²) in [7, 11) is 0. The van der Waals surface area contributed by atoms with Crippen molar-refractivity contribution < 1.29 is 32.7 Å². The van der Waals surface area contributed by atoms with Gasteiger partial charge in [-0.25, -0.2) is 4.79 Å². The number of aromatic carboxylic acids is 1. The smallest absolute Gasteiger partial charge is 0.387 e. The largest absolute Gasteiger partial charge is 0.493 e. The van der Waals surface area contributed by atoms with E-state index < -0.39 is 12.6 Å². The Morgan fingerprint density at radius 2 is 1.73 bits per heavy atom. The monoisotopic (exact) mass is 604 g/mol. The zero-order valence-corrected chi connectivity index (χ0v) is 23.6. The van der Waals surface area contributed by atoms with Gasteiger partial charge in [0.25, 0.3) is 0 Å². The van der Waals surface area contributed by atoms with Crippen LogP contribution in [0.5, 0.6) is 11.5 Å². The minimum Gasteiger partial charge on any atom is -0.493 e. The van der Waals surface area contributed by atoms with Crippen molar-refractivity contribution in [2.24, 2.45) is 10.8 Å². The Bertz CT molecular complexity index is 1460. The van der Waals surface area contributed by atoms with E-state index in [0.29, 0.717) is 33.8 Å². The van der Waals surface area contributed by atoms with Gasteiger partial charge < -0.3 is 19.1 Å². The molecule has 4 fully saturated rings. The van der Waals surface area contributed by atoms with E-state index in [2.05, 4.69) is 27.0 Å². The normalized spacial score (nSPS) is 23.8. The van der Waals surface area contributed by atoms with Gasteiger partial charge in [-0.2, -0.15) is 8.78 Å². The molecule has 4 saturated carbocycles. The highest BCUT2D eigenvalue weighted by Crippen LogP contribution is 2.58. The summed E-state index contributed by atoms with van der Waals surface area (Å²) in [6.45, 7) is -2.68. The number of halogens is 4. The number of benzene rings is 1. The van der Waals surface area contributed by atoms with Crippen LogP contribution in [0.2, 0.25) is 10.0 Å². The van der Waals surface area contributed by atoms with Crippen molar-refractivity contribution in [1.82, 2.24) is 10.1 Å². The Balaban J connectivity index is 1.17. The minimum absolute atomic E-state index is 0.0322. The lowest BCUT2D eigenvalue weighted by atomic mass is 9.54. The number of nitrogens with zero attached hydrogens (tertiary/aromatic N) is 2. The third kappa shape index (κ3) is 5.79. The highest BCUT2D eigenvalue weighted by Gasteiger charge is 2.48. The molecule has 2 bridgehead atoms. The van der Waals surface area contributed by atoms with Crippen LogP contribution < -0.4 is 9.47 Å². The maximum atomic E-state index is 12.7. The van der Waals surface area contributed by atoms with Crippen LogP contribution in [0.1, 0.15) is 79.0 Å². The molecule has 7 rings (SSSR count). The molecule has 3 aromatic rings. The lowest BCUT2D eigenvalue weighted by Crippen LogP contribution is -2.43. The van der Waals surface area contributed by atoms with Crippen molar-refractivity contribution in [2.45, 2.75) is 63.9 Å². The van der Waals surface area contributed by atoms with Crippen LogP contribution in [0.4, 0.5) is 8.78 Å². The number of hydrogen-bond donors (Lipinski definition) is 1. The van der Waals surface area contributed by atoms with Crippen molar-refractivity contribution >= 4 is 35.2 Å². The second-order valence-corrected chi connectivity index (χ2v) is 12.2. The van der Waals surface area contributed by atoms with Gasteiger partial charge in [-0.1, -0.05) is 40.5 Å². The van der Waals surface area contributed by atoms with Gasteiger partial charge in [0.2, 0.25) is 0 Å². The molecule has 216 valence electrons. The van der Waals surface area contributed by atoms with Gasteiger partial charge in [-0.05, 0) is 68.9 Å². The first-order chi connectivity index (χ1) is 19.7. The predicted octanol–water partition coefficient (Wildman–Crippen LogP) is 8.65. The summed E-state index contributed by atoms with van der Waals surface area (Å²) in [5.41, 5.74) is 1.98. The zero-order valence-electron chi connectivity index (χ0n) is 22.0. The molecule has 1 aromatic carbocycles. The van der Waals surface area contributed by atoms with Crippen molar-refractivity contribution in [3.8, 4) is 22.8 Å². The predicted molar refractivity (Wildman–Crippen MR) is 149 cm³/mol. The number of carbonyl (C=O) groups is 1. The van der Waals surface area contributed by atoms with Crippen molar-refractivity contribution in [3.05, 3.63) is 63.6 Å². The first-order valence-corrected chi connectivity index (χ1v) is 14.4. The molecule has 7 nitrogen and oxygen atoms in total. The van der Waals surface area contributed by atoms with Gasteiger partial charge in [-0.15, -0.1) is 0 Å². The third-order valence-corrected chi connectivity index (χ3v) is 9.33. The number of alkyl halides is 2. The number of aromatic nitrogens is 2. The van der Waals surface area contributed by atoms with Gasteiger partial charge >= 0.3 is 12.6 Å². The SMILES string of the molecule is O=C(O)c1cc(OCC23CCC(C=Cc4c(-c5c(Cl)cncc5Cl)noc4C4CC4)(CC2)CC3)cc(OC(F)F)c1. The van der Waals surface area contributed by atoms with E-state index in [9.17, 15) is 18.7 Å². The lowest BCUT2D eigenvalue weighted by Gasteiger charge is -2.52. The van der Waals surface area contributed by atoms with Crippen LogP contribution in [-0.4, -0.2) is 34.4 Å². The molecule has 4 aliphatic rings. The summed E-state index contributed by atoms with van der Waals surface area (Å²) in [4.78, 5) is 15.5. The second-order valence-electron chi connectivity index (χ2n) is 11.4. The Morgan fingerprint density at radius 1 is 1.07 bits per heavy atom. The number of allylic oxidation sites excluding steroid dienone is 1. The van der Waals surface area contributed by atoms with Gasteiger partial charge in [0.05, 0.1) is 22.2 Å². The average molecular weight is 605 g/mol. The highest BCUT2D eigenvalue weighted by molar-refractivity contribution is 6.39. The summed E-state index contributed by atoms with van der Waals surface area (Å²) in [5.74, 6) is -0.0599. The Morgan fingerprint density at radius 3 is 2.34 bits per heavy atom. The topological polar surface area (TPSA) is 94.7 Å². The van der Waals surface area contributed by atoms with E-state index in [4.69, 9.17) is 32.5 Å². The minimum atomic E-state index is -3.06. The van der Waals surface area contributed by atoms with E-state index in [-0.39, 0.29) is 27.9 Å². The fraction of sp³-hybridized carbons (Fsp3) is 0.433. The Labute approximate surface area is 245 Å². The van der Waals surface area contributed by atoms with Crippen LogP contribution in [0.25, 0.3) is 17.3 Å². The van der Waals surface area contributed by atoms with E-state index in [1.807, 2.05) is 0 Å². The second kappa shape index (κ2) is 10.9. The first kappa shape index (κ1) is 28.0. The maximum Gasteiger partial charge on any atom is 0.387 e. The number of carboxylic acid groups (broad SMARTS) is 1. The Kier molecular flexibility index (Phi) is 7.44. The number of carboxylic acids is 1. The van der Waals surface area contributed by atoms with Crippen molar-refractivity contribution in [1.29, 1.82) is 0 Å². The highest BCUT2D eigenvalue weighted by atomic mass is 35.5. The number of ether oxygens (including phenoxy) is 2. The summed E-state index contributed by atoms with van der Waals surface area (Å²) in [6, 6.07) is 3.71. The average Bonchev–Trinajstić information content (AvgIpc) is 3.71. The molecule has 1 N–H and O–H groups in total. The molecule has 2 heterocycles. The quantitative estimate of drug-likeness (QED) is 0.247. The van der Waals surface area contributed by atoms with Gasteiger partial charge in [0.1, 0.15) is 23.0 Å². The fourth-order valence-electron chi connectivity index (χ4n) is 6.13. The van der Waals surface area contributed by atoms with Crippen LogP contribution in [0.15, 0.2) is 41.2 Å². The summed E-state index contributed by atoms with van der Waals surface area (Å²) in [5, 5.41) is 14.6. The van der Waals surface area contributed by atoms with Crippen molar-refractivity contribution in [3.63, 3.8) is 0 Å². The molecule has 0 amide bonds. The van der Waals surface area contributed by atoms with E-state index in [0.717, 1.165) is 68.8 Å². The van der Waals surface area contributed by atoms with Crippen molar-refractivity contribution in [2.75, 3.05) is 6.61 Å². The molecule has 0 atom stereocenters.